The van der Waals surface area contributed by atoms with Crippen LogP contribution in [0.2, 0.25) is 0 Å². The Morgan fingerprint density at radius 2 is 2.11 bits per heavy atom. The molecule has 0 radical (unpaired) electrons. The zero-order chi connectivity index (χ0) is 20.1. The molecule has 2 saturated heterocycles. The highest BCUT2D eigenvalue weighted by Crippen LogP contribution is 2.47. The smallest absolute Gasteiger partial charge is 0.454 e. The second-order valence-electron chi connectivity index (χ2n) is 6.75. The zero-order valence-electron chi connectivity index (χ0n) is 14.7. The third-order valence-corrected chi connectivity index (χ3v) is 6.25. The number of nitrogens with one attached hydrogen (secondary N) is 1. The standard InChI is InChI=1S/C17H16F2N2O6S/c1-16-5-4-14(23)21(16)10(8-28-16)15(24)25-7-13(22)20-9-2-3-11-12(6-9)27-17(18,19)26-11/h2-3,6,10H,4-5,7-8H2,1H3,(H,20,22)/t10-,16+/m1/s1. The Morgan fingerprint density at radius 3 is 2.89 bits per heavy atom. The minimum atomic E-state index is -3.75. The molecule has 150 valence electrons. The van der Waals surface area contributed by atoms with Gasteiger partial charge in [0.2, 0.25) is 5.91 Å². The molecule has 0 spiro atoms. The topological polar surface area (TPSA) is 94.2 Å². The molecule has 1 aromatic rings. The second kappa shape index (κ2) is 6.50. The molecular weight excluding hydrogens is 398 g/mol. The van der Waals surface area contributed by atoms with E-state index in [2.05, 4.69) is 14.8 Å². The number of hydrogen-bond acceptors (Lipinski definition) is 7. The highest BCUT2D eigenvalue weighted by Gasteiger charge is 2.53. The zero-order valence-corrected chi connectivity index (χ0v) is 15.5. The molecule has 0 aromatic heterocycles. The fourth-order valence-corrected chi connectivity index (χ4v) is 4.87. The molecule has 0 bridgehead atoms. The van der Waals surface area contributed by atoms with Crippen LogP contribution < -0.4 is 14.8 Å². The number of anilines is 1. The summed E-state index contributed by atoms with van der Waals surface area (Å²) in [5.41, 5.74) is 0.180. The molecule has 1 N–H and O–H groups in total. The lowest BCUT2D eigenvalue weighted by atomic mass is 10.2. The fourth-order valence-electron chi connectivity index (χ4n) is 3.45. The summed E-state index contributed by atoms with van der Waals surface area (Å²) in [5.74, 6) is -1.34. The van der Waals surface area contributed by atoms with E-state index in [-0.39, 0.29) is 23.1 Å². The molecule has 3 aliphatic heterocycles. The molecular formula is C17H16F2N2O6S. The van der Waals surface area contributed by atoms with Gasteiger partial charge in [-0.3, -0.25) is 9.59 Å². The van der Waals surface area contributed by atoms with Crippen LogP contribution >= 0.6 is 11.8 Å². The van der Waals surface area contributed by atoms with Crippen molar-refractivity contribution in [3.63, 3.8) is 0 Å². The van der Waals surface area contributed by atoms with Gasteiger partial charge in [0.15, 0.2) is 18.1 Å². The minimum absolute atomic E-state index is 0.101. The molecule has 2 fully saturated rings. The van der Waals surface area contributed by atoms with E-state index in [4.69, 9.17) is 4.74 Å². The van der Waals surface area contributed by atoms with E-state index in [0.717, 1.165) is 0 Å². The van der Waals surface area contributed by atoms with E-state index in [1.54, 1.807) is 0 Å². The van der Waals surface area contributed by atoms with Crippen LogP contribution in [0, 0.1) is 0 Å². The minimum Gasteiger partial charge on any atom is -0.454 e. The van der Waals surface area contributed by atoms with Crippen LogP contribution in [-0.2, 0) is 19.1 Å². The quantitative estimate of drug-likeness (QED) is 0.753. The molecule has 2 atom stereocenters. The van der Waals surface area contributed by atoms with Gasteiger partial charge in [0.25, 0.3) is 5.91 Å². The third kappa shape index (κ3) is 3.34. The Hall–Kier alpha value is -2.56. The number of hydrogen-bond donors (Lipinski definition) is 1. The number of carbonyl (C=O) groups excluding carboxylic acids is 3. The second-order valence-corrected chi connectivity index (χ2v) is 8.25. The molecule has 0 unspecified atom stereocenters. The summed E-state index contributed by atoms with van der Waals surface area (Å²) in [5, 5.41) is 2.43. The Labute approximate surface area is 162 Å². The summed E-state index contributed by atoms with van der Waals surface area (Å²) in [7, 11) is 0. The molecule has 0 aliphatic carbocycles. The van der Waals surface area contributed by atoms with Gasteiger partial charge < -0.3 is 24.4 Å². The molecule has 11 heteroatoms. The average molecular weight is 414 g/mol. The lowest BCUT2D eigenvalue weighted by Gasteiger charge is -2.29. The summed E-state index contributed by atoms with van der Waals surface area (Å²) in [6.07, 6.45) is -2.69. The monoisotopic (exact) mass is 414 g/mol. The summed E-state index contributed by atoms with van der Waals surface area (Å²) < 4.78 is 39.7. The predicted molar refractivity (Wildman–Crippen MR) is 93.0 cm³/mol. The van der Waals surface area contributed by atoms with Crippen LogP contribution in [0.4, 0.5) is 14.5 Å². The summed E-state index contributed by atoms with van der Waals surface area (Å²) in [6.45, 7) is 1.34. The third-order valence-electron chi connectivity index (χ3n) is 4.75. The number of ether oxygens (including phenoxy) is 3. The van der Waals surface area contributed by atoms with E-state index < -0.39 is 35.7 Å². The van der Waals surface area contributed by atoms with Crippen molar-refractivity contribution in [2.24, 2.45) is 0 Å². The first-order valence-corrected chi connectivity index (χ1v) is 9.48. The van der Waals surface area contributed by atoms with Crippen molar-refractivity contribution in [2.45, 2.75) is 37.0 Å². The Balaban J connectivity index is 1.32. The van der Waals surface area contributed by atoms with Gasteiger partial charge in [0.05, 0.1) is 4.87 Å². The summed E-state index contributed by atoms with van der Waals surface area (Å²) in [4.78, 5) is 37.5. The number of fused-ring (bicyclic) bond motifs is 2. The molecule has 1 aromatic carbocycles. The van der Waals surface area contributed by atoms with Gasteiger partial charge in [-0.15, -0.1) is 20.5 Å². The average Bonchev–Trinajstić information content (AvgIpc) is 3.22. The maximum atomic E-state index is 13.0. The molecule has 8 nitrogen and oxygen atoms in total. The number of esters is 1. The van der Waals surface area contributed by atoms with Gasteiger partial charge in [-0.2, -0.15) is 0 Å². The van der Waals surface area contributed by atoms with Crippen molar-refractivity contribution < 1.29 is 37.4 Å². The maximum absolute atomic E-state index is 13.0. The van der Waals surface area contributed by atoms with Crippen LogP contribution in [-0.4, -0.2) is 52.3 Å². The van der Waals surface area contributed by atoms with Crippen molar-refractivity contribution in [1.82, 2.24) is 4.90 Å². The van der Waals surface area contributed by atoms with Crippen molar-refractivity contribution >= 4 is 35.2 Å². The molecule has 28 heavy (non-hydrogen) atoms. The van der Waals surface area contributed by atoms with Gasteiger partial charge in [0.1, 0.15) is 6.04 Å². The van der Waals surface area contributed by atoms with E-state index in [9.17, 15) is 23.2 Å². The Morgan fingerprint density at radius 1 is 1.36 bits per heavy atom. The SMILES string of the molecule is C[C@]12CCC(=O)N1[C@@H](C(=O)OCC(=O)Nc1ccc3c(c1)OC(F)(F)O3)CS2. The van der Waals surface area contributed by atoms with Crippen LogP contribution in [0.25, 0.3) is 0 Å². The highest BCUT2D eigenvalue weighted by atomic mass is 32.2. The van der Waals surface area contributed by atoms with E-state index in [1.807, 2.05) is 6.92 Å². The number of benzene rings is 1. The van der Waals surface area contributed by atoms with Gasteiger partial charge in [0, 0.05) is 23.9 Å². The van der Waals surface area contributed by atoms with Crippen LogP contribution in [0.15, 0.2) is 18.2 Å². The Bertz CT molecular complexity index is 866. The van der Waals surface area contributed by atoms with Gasteiger partial charge in [-0.1, -0.05) is 0 Å². The largest absolute Gasteiger partial charge is 0.586 e. The number of rotatable bonds is 4. The first-order valence-electron chi connectivity index (χ1n) is 8.49. The van der Waals surface area contributed by atoms with Crippen LogP contribution in [0.1, 0.15) is 19.8 Å². The van der Waals surface area contributed by atoms with Crippen molar-refractivity contribution in [3.05, 3.63) is 18.2 Å². The molecule has 2 amide bonds. The molecule has 3 heterocycles. The normalized spacial score (nSPS) is 26.9. The number of alkyl halides is 2. The maximum Gasteiger partial charge on any atom is 0.586 e. The predicted octanol–water partition coefficient (Wildman–Crippen LogP) is 1.94. The molecule has 3 aliphatic rings. The van der Waals surface area contributed by atoms with Crippen molar-refractivity contribution in [3.8, 4) is 11.5 Å². The number of amides is 2. The summed E-state index contributed by atoms with van der Waals surface area (Å²) >= 11 is 1.52. The van der Waals surface area contributed by atoms with Gasteiger partial charge in [-0.05, 0) is 25.5 Å². The first-order chi connectivity index (χ1) is 13.2. The number of halogens is 2. The van der Waals surface area contributed by atoms with Crippen molar-refractivity contribution in [1.29, 1.82) is 0 Å². The summed E-state index contributed by atoms with van der Waals surface area (Å²) in [6, 6.07) is 3.04. The van der Waals surface area contributed by atoms with E-state index in [1.165, 1.54) is 34.9 Å². The highest BCUT2D eigenvalue weighted by molar-refractivity contribution is 8.01. The van der Waals surface area contributed by atoms with Crippen molar-refractivity contribution in [2.75, 3.05) is 17.7 Å². The number of nitrogens with zero attached hydrogens (tertiary/aromatic N) is 1. The molecule has 0 saturated carbocycles. The van der Waals surface area contributed by atoms with E-state index in [0.29, 0.717) is 18.6 Å². The number of carbonyl (C=O) groups is 3. The first kappa shape index (κ1) is 18.8. The lowest BCUT2D eigenvalue weighted by Crippen LogP contribution is -2.47. The molecule has 4 rings (SSSR count). The lowest BCUT2D eigenvalue weighted by molar-refractivity contribution is -0.286. The fraction of sp³-hybridized carbons (Fsp3) is 0.471. The van der Waals surface area contributed by atoms with Crippen LogP contribution in [0.3, 0.4) is 0 Å². The van der Waals surface area contributed by atoms with Gasteiger partial charge >= 0.3 is 12.3 Å². The van der Waals surface area contributed by atoms with Gasteiger partial charge in [-0.25, -0.2) is 4.79 Å². The number of thioether (sulfide) groups is 1. The van der Waals surface area contributed by atoms with E-state index >= 15 is 0 Å². The van der Waals surface area contributed by atoms with Crippen LogP contribution in [0.5, 0.6) is 11.5 Å². The Kier molecular flexibility index (Phi) is 4.36.